The van der Waals surface area contributed by atoms with Crippen LogP contribution in [0.1, 0.15) is 0 Å². The van der Waals surface area contributed by atoms with Crippen molar-refractivity contribution >= 4 is 95.8 Å². The maximum absolute atomic E-state index is 14.1. The Balaban J connectivity index is 0.762. The Hall–Kier alpha value is -12.0. The quantitative estimate of drug-likeness (QED) is 0.102. The molecule has 442 valence electrons. The van der Waals surface area contributed by atoms with E-state index in [1.54, 1.807) is 0 Å². The number of anilines is 9. The van der Waals surface area contributed by atoms with Gasteiger partial charge in [-0.25, -0.2) is 8.78 Å². The van der Waals surface area contributed by atoms with Gasteiger partial charge < -0.3 is 19.3 Å². The second-order valence-corrected chi connectivity index (χ2v) is 23.5. The van der Waals surface area contributed by atoms with E-state index in [1.807, 2.05) is 36.4 Å². The van der Waals surface area contributed by atoms with Crippen LogP contribution in [0.2, 0.25) is 0 Å². The molecule has 2 aromatic heterocycles. The smallest absolute Gasteiger partial charge is 0.129 e. The van der Waals surface area contributed by atoms with Crippen molar-refractivity contribution in [3.05, 3.63) is 351 Å². The molecule has 0 saturated heterocycles. The molecule has 0 saturated carbocycles. The molecule has 0 N–H and O–H groups in total. The van der Waals surface area contributed by atoms with E-state index in [9.17, 15) is 8.78 Å². The number of benzene rings is 14. The van der Waals surface area contributed by atoms with Crippen LogP contribution in [-0.2, 0) is 0 Å². The predicted octanol–water partition coefficient (Wildman–Crippen LogP) is 23.8. The van der Waals surface area contributed by atoms with Crippen molar-refractivity contribution in [2.45, 2.75) is 0 Å². The lowest BCUT2D eigenvalue weighted by Gasteiger charge is -2.27. The van der Waals surface area contributed by atoms with Gasteiger partial charge in [-0.05, 0) is 220 Å². The summed E-state index contributed by atoms with van der Waals surface area (Å²) in [6.07, 6.45) is 0. The van der Waals surface area contributed by atoms with Crippen LogP contribution in [0.4, 0.5) is 60.0 Å². The molecule has 6 nitrogen and oxygen atoms in total. The predicted molar refractivity (Wildman–Crippen MR) is 383 cm³/mol. The molecule has 16 aromatic rings. The third-order valence-corrected chi connectivity index (χ3v) is 17.9. The van der Waals surface area contributed by atoms with Gasteiger partial charge in [-0.15, -0.1) is 0 Å². The summed E-state index contributed by atoms with van der Waals surface area (Å²) in [4.78, 5) is 6.86. The second kappa shape index (κ2) is 24.4. The molecule has 0 unspecified atom stereocenters. The minimum absolute atomic E-state index is 0.278. The van der Waals surface area contributed by atoms with Gasteiger partial charge >= 0.3 is 0 Å². The largest absolute Gasteiger partial charge is 0.311 e. The number of para-hydroxylation sites is 4. The van der Waals surface area contributed by atoms with Crippen LogP contribution < -0.4 is 14.7 Å². The van der Waals surface area contributed by atoms with Crippen molar-refractivity contribution in [1.82, 2.24) is 13.3 Å². The SMILES string of the molecule is Fc1ccc(-c2ccc3c(c2)c2cc(-c4ccc(F)cc4)ccc2n3-c2ccc(-c3ccc(N(c4ccc(-c5ccc(N(c6ccccc6)c6ccccc6)cc5)cc4)c4ccc(-c5cccc(N(c6ccccc6)c6ccccc6)c5)cc4)c4nsnc34)cc2)cc1. The maximum atomic E-state index is 14.1. The third-order valence-electron chi connectivity index (χ3n) is 17.4. The van der Waals surface area contributed by atoms with Crippen LogP contribution in [0.25, 0.3) is 94.2 Å². The molecule has 0 spiro atoms. The van der Waals surface area contributed by atoms with Crippen molar-refractivity contribution in [1.29, 1.82) is 0 Å². The molecule has 0 aliphatic heterocycles. The fraction of sp³-hybridized carbons (Fsp3) is 0. The standard InChI is InChI=1S/C84H56F2N6S/c85-66-38-24-59(25-39-66)64-36-51-80-78(55-64)79-56-65(60-26-40-67(86)41-27-60)37-52-81(79)92(80)75-48-34-62(35-49-75)77-50-53-82(84-83(77)87-93-88-84)91(73-44-30-58(31-45-73)57-28-42-72(43-29-57)89(68-15-5-1-6-16-68)69-17-7-2-8-18-69)74-46-32-61(33-47-74)63-14-13-23-76(54-63)90(70-19-9-3-10-20-70)71-21-11-4-12-22-71/h1-56H. The zero-order valence-corrected chi connectivity index (χ0v) is 51.0. The van der Waals surface area contributed by atoms with Crippen molar-refractivity contribution in [2.24, 2.45) is 0 Å². The number of aromatic nitrogens is 3. The Morgan fingerprint density at radius 1 is 0.258 bits per heavy atom. The molecule has 2 heterocycles. The van der Waals surface area contributed by atoms with Crippen LogP contribution in [-0.4, -0.2) is 13.3 Å². The van der Waals surface area contributed by atoms with Crippen molar-refractivity contribution in [2.75, 3.05) is 14.7 Å². The molecule has 0 amide bonds. The van der Waals surface area contributed by atoms with Gasteiger partial charge in [0.2, 0.25) is 0 Å². The summed E-state index contributed by atoms with van der Waals surface area (Å²) in [6, 6.07) is 116. The van der Waals surface area contributed by atoms with Crippen LogP contribution in [0.15, 0.2) is 340 Å². The first kappa shape index (κ1) is 56.2. The van der Waals surface area contributed by atoms with Gasteiger partial charge in [0.05, 0.1) is 28.4 Å². The summed E-state index contributed by atoms with van der Waals surface area (Å²) in [6.45, 7) is 0. The first-order chi connectivity index (χ1) is 45.9. The number of nitrogens with zero attached hydrogens (tertiary/aromatic N) is 6. The van der Waals surface area contributed by atoms with Crippen molar-refractivity contribution in [3.63, 3.8) is 0 Å². The zero-order valence-electron chi connectivity index (χ0n) is 50.2. The van der Waals surface area contributed by atoms with E-state index >= 15 is 0 Å². The molecule has 16 rings (SSSR count). The number of halogens is 2. The minimum Gasteiger partial charge on any atom is -0.311 e. The Kier molecular flexibility index (Phi) is 14.7. The van der Waals surface area contributed by atoms with Gasteiger partial charge in [0, 0.05) is 67.5 Å². The average molecular weight is 1220 g/mol. The van der Waals surface area contributed by atoms with Gasteiger partial charge in [0.25, 0.3) is 0 Å². The summed E-state index contributed by atoms with van der Waals surface area (Å²) in [7, 11) is 0. The third kappa shape index (κ3) is 10.9. The van der Waals surface area contributed by atoms with E-state index in [4.69, 9.17) is 8.75 Å². The zero-order chi connectivity index (χ0) is 62.2. The Morgan fingerprint density at radius 3 is 1.05 bits per heavy atom. The van der Waals surface area contributed by atoms with Crippen molar-refractivity contribution in [3.8, 4) is 61.3 Å². The van der Waals surface area contributed by atoms with Crippen molar-refractivity contribution < 1.29 is 8.78 Å². The van der Waals surface area contributed by atoms with E-state index in [1.165, 1.54) is 36.0 Å². The highest BCUT2D eigenvalue weighted by Gasteiger charge is 2.23. The second-order valence-electron chi connectivity index (χ2n) is 23.0. The van der Waals surface area contributed by atoms with Crippen LogP contribution in [0.3, 0.4) is 0 Å². The molecular weight excluding hydrogens is 1160 g/mol. The highest BCUT2D eigenvalue weighted by atomic mass is 32.1. The van der Waals surface area contributed by atoms with E-state index < -0.39 is 0 Å². The van der Waals surface area contributed by atoms with Gasteiger partial charge in [0.1, 0.15) is 22.7 Å². The lowest BCUT2D eigenvalue weighted by atomic mass is 10.0. The topological polar surface area (TPSA) is 40.4 Å². The highest BCUT2D eigenvalue weighted by molar-refractivity contribution is 7.00. The maximum Gasteiger partial charge on any atom is 0.129 e. The molecule has 0 bridgehead atoms. The average Bonchev–Trinajstić information content (AvgIpc) is 1.64. The van der Waals surface area contributed by atoms with E-state index in [2.05, 4.69) is 298 Å². The highest BCUT2D eigenvalue weighted by Crippen LogP contribution is 2.45. The van der Waals surface area contributed by atoms with E-state index in [0.717, 1.165) is 145 Å². The van der Waals surface area contributed by atoms with E-state index in [-0.39, 0.29) is 11.6 Å². The molecule has 0 fully saturated rings. The van der Waals surface area contributed by atoms with E-state index in [0.29, 0.717) is 0 Å². The first-order valence-electron chi connectivity index (χ1n) is 30.9. The summed E-state index contributed by atoms with van der Waals surface area (Å²) in [5, 5.41) is 2.10. The molecule has 0 aliphatic carbocycles. The number of hydrogen-bond acceptors (Lipinski definition) is 6. The number of fused-ring (bicyclic) bond motifs is 4. The molecule has 0 aliphatic rings. The molecule has 14 aromatic carbocycles. The Morgan fingerprint density at radius 2 is 0.602 bits per heavy atom. The molecule has 93 heavy (non-hydrogen) atoms. The fourth-order valence-corrected chi connectivity index (χ4v) is 13.4. The fourth-order valence-electron chi connectivity index (χ4n) is 12.9. The Bertz CT molecular complexity index is 5120. The summed E-state index contributed by atoms with van der Waals surface area (Å²) >= 11 is 1.21. The molecule has 9 heteroatoms. The molecule has 0 radical (unpaired) electrons. The van der Waals surface area contributed by atoms with Crippen LogP contribution in [0, 0.1) is 11.6 Å². The molecule has 0 atom stereocenters. The lowest BCUT2D eigenvalue weighted by molar-refractivity contribution is 0.627. The number of hydrogen-bond donors (Lipinski definition) is 0. The monoisotopic (exact) mass is 1220 g/mol. The number of rotatable bonds is 15. The normalized spacial score (nSPS) is 11.3. The van der Waals surface area contributed by atoms with Crippen LogP contribution in [0.5, 0.6) is 0 Å². The van der Waals surface area contributed by atoms with Gasteiger partial charge in [-0.1, -0.05) is 170 Å². The van der Waals surface area contributed by atoms with Gasteiger partial charge in [0.15, 0.2) is 0 Å². The summed E-state index contributed by atoms with van der Waals surface area (Å²) < 4.78 is 40.6. The Labute approximate surface area is 542 Å². The molecular formula is C84H56F2N6S. The minimum atomic E-state index is -0.278. The summed E-state index contributed by atoms with van der Waals surface area (Å²) in [5.41, 5.74) is 24.1. The first-order valence-corrected chi connectivity index (χ1v) is 31.6. The lowest BCUT2D eigenvalue weighted by Crippen LogP contribution is -2.11. The van der Waals surface area contributed by atoms with Gasteiger partial charge in [-0.3, -0.25) is 0 Å². The summed E-state index contributed by atoms with van der Waals surface area (Å²) in [5.74, 6) is -0.555. The van der Waals surface area contributed by atoms with Crippen LogP contribution >= 0.6 is 11.7 Å². The van der Waals surface area contributed by atoms with Gasteiger partial charge in [-0.2, -0.15) is 8.75 Å².